The number of nitrogens with one attached hydrogen (secondary N) is 1. The summed E-state index contributed by atoms with van der Waals surface area (Å²) in [5.41, 5.74) is 1.10. The maximum absolute atomic E-state index is 6.29. The zero-order valence-corrected chi connectivity index (χ0v) is 10.4. The molecule has 0 saturated heterocycles. The fourth-order valence-corrected chi connectivity index (χ4v) is 1.75. The van der Waals surface area contributed by atoms with Gasteiger partial charge in [0.05, 0.1) is 5.38 Å². The molecule has 0 amide bonds. The highest BCUT2D eigenvalue weighted by Crippen LogP contribution is 2.20. The maximum Gasteiger partial charge on any atom is 0.129 e. The van der Waals surface area contributed by atoms with Gasteiger partial charge in [-0.15, -0.1) is 11.6 Å². The maximum atomic E-state index is 6.29. The highest BCUT2D eigenvalue weighted by Gasteiger charge is 2.06. The SMILES string of the molecule is Cc1nccc(NCC(Cl)c2ccccc2)n1. The molecule has 0 spiro atoms. The Hall–Kier alpha value is -1.61. The number of rotatable bonds is 4. The van der Waals surface area contributed by atoms with Crippen LogP contribution in [-0.2, 0) is 0 Å². The molecule has 0 aliphatic heterocycles. The van der Waals surface area contributed by atoms with E-state index in [1.807, 2.05) is 43.3 Å². The van der Waals surface area contributed by atoms with E-state index in [1.54, 1.807) is 6.20 Å². The molecule has 3 nitrogen and oxygen atoms in total. The average molecular weight is 248 g/mol. The van der Waals surface area contributed by atoms with Gasteiger partial charge in [-0.1, -0.05) is 30.3 Å². The number of alkyl halides is 1. The molecular weight excluding hydrogens is 234 g/mol. The topological polar surface area (TPSA) is 37.8 Å². The molecule has 1 heterocycles. The summed E-state index contributed by atoms with van der Waals surface area (Å²) < 4.78 is 0. The van der Waals surface area contributed by atoms with Gasteiger partial charge in [0.2, 0.25) is 0 Å². The minimum Gasteiger partial charge on any atom is -0.368 e. The number of aromatic nitrogens is 2. The summed E-state index contributed by atoms with van der Waals surface area (Å²) in [6.07, 6.45) is 1.73. The fourth-order valence-electron chi connectivity index (χ4n) is 1.53. The summed E-state index contributed by atoms with van der Waals surface area (Å²) in [6.45, 7) is 2.50. The molecule has 1 unspecified atom stereocenters. The van der Waals surface area contributed by atoms with Gasteiger partial charge in [0.25, 0.3) is 0 Å². The lowest BCUT2D eigenvalue weighted by Gasteiger charge is -2.11. The standard InChI is InChI=1S/C13H14ClN3/c1-10-15-8-7-13(17-10)16-9-12(14)11-5-3-2-4-6-11/h2-8,12H,9H2,1H3,(H,15,16,17). The second-order valence-corrected chi connectivity index (χ2v) is 4.28. The van der Waals surface area contributed by atoms with Crippen molar-refractivity contribution in [2.45, 2.75) is 12.3 Å². The van der Waals surface area contributed by atoms with Crippen molar-refractivity contribution in [2.75, 3.05) is 11.9 Å². The van der Waals surface area contributed by atoms with E-state index in [-0.39, 0.29) is 5.38 Å². The highest BCUT2D eigenvalue weighted by molar-refractivity contribution is 6.21. The molecule has 1 atom stereocenters. The smallest absolute Gasteiger partial charge is 0.129 e. The summed E-state index contributed by atoms with van der Waals surface area (Å²) in [5.74, 6) is 1.56. The summed E-state index contributed by atoms with van der Waals surface area (Å²) >= 11 is 6.29. The molecule has 1 aromatic heterocycles. The van der Waals surface area contributed by atoms with Crippen LogP contribution in [0.5, 0.6) is 0 Å². The van der Waals surface area contributed by atoms with Crippen LogP contribution in [0.4, 0.5) is 5.82 Å². The van der Waals surface area contributed by atoms with E-state index in [4.69, 9.17) is 11.6 Å². The molecule has 4 heteroatoms. The van der Waals surface area contributed by atoms with Crippen LogP contribution in [0.25, 0.3) is 0 Å². The van der Waals surface area contributed by atoms with Crippen molar-refractivity contribution in [2.24, 2.45) is 0 Å². The van der Waals surface area contributed by atoms with E-state index in [9.17, 15) is 0 Å². The normalized spacial score (nSPS) is 12.1. The summed E-state index contributed by atoms with van der Waals surface area (Å²) in [5, 5.41) is 3.14. The van der Waals surface area contributed by atoms with E-state index in [0.717, 1.165) is 17.2 Å². The number of anilines is 1. The van der Waals surface area contributed by atoms with Gasteiger partial charge < -0.3 is 5.32 Å². The van der Waals surface area contributed by atoms with Gasteiger partial charge in [-0.05, 0) is 18.6 Å². The third kappa shape index (κ3) is 3.43. The molecule has 0 radical (unpaired) electrons. The van der Waals surface area contributed by atoms with Crippen molar-refractivity contribution in [1.29, 1.82) is 0 Å². The van der Waals surface area contributed by atoms with Crippen molar-refractivity contribution in [1.82, 2.24) is 9.97 Å². The zero-order valence-electron chi connectivity index (χ0n) is 9.60. The van der Waals surface area contributed by atoms with Crippen LogP contribution in [0, 0.1) is 6.92 Å². The highest BCUT2D eigenvalue weighted by atomic mass is 35.5. The van der Waals surface area contributed by atoms with Crippen molar-refractivity contribution in [3.05, 3.63) is 54.0 Å². The third-order valence-corrected chi connectivity index (χ3v) is 2.81. The molecule has 0 saturated carbocycles. The minimum atomic E-state index is -0.0635. The molecule has 17 heavy (non-hydrogen) atoms. The van der Waals surface area contributed by atoms with Gasteiger partial charge in [0.15, 0.2) is 0 Å². The third-order valence-electron chi connectivity index (χ3n) is 2.40. The van der Waals surface area contributed by atoms with Gasteiger partial charge in [0, 0.05) is 12.7 Å². The van der Waals surface area contributed by atoms with Crippen molar-refractivity contribution >= 4 is 17.4 Å². The van der Waals surface area contributed by atoms with E-state index >= 15 is 0 Å². The van der Waals surface area contributed by atoms with Crippen molar-refractivity contribution < 1.29 is 0 Å². The monoisotopic (exact) mass is 247 g/mol. The van der Waals surface area contributed by atoms with E-state index in [2.05, 4.69) is 15.3 Å². The van der Waals surface area contributed by atoms with Gasteiger partial charge >= 0.3 is 0 Å². The number of hydrogen-bond acceptors (Lipinski definition) is 3. The van der Waals surface area contributed by atoms with Crippen LogP contribution in [0.3, 0.4) is 0 Å². The number of aryl methyl sites for hydroxylation is 1. The lowest BCUT2D eigenvalue weighted by Crippen LogP contribution is -2.09. The molecule has 0 aliphatic rings. The van der Waals surface area contributed by atoms with Crippen LogP contribution in [0.2, 0.25) is 0 Å². The molecule has 88 valence electrons. The van der Waals surface area contributed by atoms with Crippen molar-refractivity contribution in [3.8, 4) is 0 Å². The van der Waals surface area contributed by atoms with Crippen LogP contribution in [-0.4, -0.2) is 16.5 Å². The van der Waals surface area contributed by atoms with Gasteiger partial charge in [-0.25, -0.2) is 9.97 Å². The van der Waals surface area contributed by atoms with E-state index in [1.165, 1.54) is 0 Å². The molecule has 1 aromatic carbocycles. The molecule has 0 aliphatic carbocycles. The summed E-state index contributed by atoms with van der Waals surface area (Å²) in [6, 6.07) is 11.8. The number of benzene rings is 1. The average Bonchev–Trinajstić information content (AvgIpc) is 2.37. The van der Waals surface area contributed by atoms with E-state index in [0.29, 0.717) is 6.54 Å². The quantitative estimate of drug-likeness (QED) is 0.844. The van der Waals surface area contributed by atoms with E-state index < -0.39 is 0 Å². The van der Waals surface area contributed by atoms with Crippen LogP contribution >= 0.6 is 11.6 Å². The van der Waals surface area contributed by atoms with Crippen molar-refractivity contribution in [3.63, 3.8) is 0 Å². The molecule has 2 rings (SSSR count). The molecule has 2 aromatic rings. The fraction of sp³-hybridized carbons (Fsp3) is 0.231. The number of nitrogens with zero attached hydrogens (tertiary/aromatic N) is 2. The Kier molecular flexibility index (Phi) is 3.94. The Balaban J connectivity index is 1.95. The molecule has 1 N–H and O–H groups in total. The second-order valence-electron chi connectivity index (χ2n) is 3.75. The largest absolute Gasteiger partial charge is 0.368 e. The second kappa shape index (κ2) is 5.64. The van der Waals surface area contributed by atoms with Gasteiger partial charge in [-0.2, -0.15) is 0 Å². The summed E-state index contributed by atoms with van der Waals surface area (Å²) in [7, 11) is 0. The Morgan fingerprint density at radius 2 is 2.00 bits per heavy atom. The number of hydrogen-bond donors (Lipinski definition) is 1. The van der Waals surface area contributed by atoms with Crippen LogP contribution in [0.1, 0.15) is 16.8 Å². The first-order valence-corrected chi connectivity index (χ1v) is 5.92. The first-order chi connectivity index (χ1) is 8.25. The van der Waals surface area contributed by atoms with Crippen LogP contribution in [0.15, 0.2) is 42.6 Å². The molecular formula is C13H14ClN3. The molecule has 0 bridgehead atoms. The Morgan fingerprint density at radius 1 is 1.24 bits per heavy atom. The Labute approximate surface area is 106 Å². The lowest BCUT2D eigenvalue weighted by molar-refractivity contribution is 0.952. The lowest BCUT2D eigenvalue weighted by atomic mass is 10.1. The van der Waals surface area contributed by atoms with Gasteiger partial charge in [-0.3, -0.25) is 0 Å². The predicted molar refractivity (Wildman–Crippen MR) is 70.3 cm³/mol. The minimum absolute atomic E-state index is 0.0635. The zero-order chi connectivity index (χ0) is 12.1. The number of halogens is 1. The Morgan fingerprint density at radius 3 is 2.71 bits per heavy atom. The predicted octanol–water partition coefficient (Wildman–Crippen LogP) is 3.18. The first-order valence-electron chi connectivity index (χ1n) is 5.48. The molecule has 0 fully saturated rings. The van der Waals surface area contributed by atoms with Crippen LogP contribution < -0.4 is 5.32 Å². The first kappa shape index (κ1) is 11.9. The summed E-state index contributed by atoms with van der Waals surface area (Å²) in [4.78, 5) is 8.30. The Bertz CT molecular complexity index is 473. The van der Waals surface area contributed by atoms with Gasteiger partial charge in [0.1, 0.15) is 11.6 Å².